The molecule has 2 aliphatic rings. The molecule has 0 aliphatic heterocycles. The molecule has 23 heavy (non-hydrogen) atoms. The van der Waals surface area contributed by atoms with Gasteiger partial charge >= 0.3 is 55.0 Å². The van der Waals surface area contributed by atoms with Crippen LogP contribution in [0.1, 0.15) is 0 Å². The molecule has 2 rings (SSSR count). The third-order valence-corrected chi connectivity index (χ3v) is 1.11. The largest absolute Gasteiger partial charge is 3.00 e. The van der Waals surface area contributed by atoms with Crippen LogP contribution < -0.4 is 0 Å². The van der Waals surface area contributed by atoms with Crippen molar-refractivity contribution in [3.63, 3.8) is 0 Å². The summed E-state index contributed by atoms with van der Waals surface area (Å²) in [6.07, 6.45) is 20.0. The van der Waals surface area contributed by atoms with Crippen molar-refractivity contribution in [2.75, 3.05) is 0 Å². The minimum Gasteiger partial charge on any atom is -0.545 e. The predicted molar refractivity (Wildman–Crippen MR) is 77.8 cm³/mol. The van der Waals surface area contributed by atoms with Crippen molar-refractivity contribution >= 4 is 19.4 Å². The summed E-state index contributed by atoms with van der Waals surface area (Å²) in [5.74, 6) is 0. The van der Waals surface area contributed by atoms with Crippen LogP contribution in [0, 0.1) is 89.6 Å². The Kier molecular flexibility index (Phi) is 151. The summed E-state index contributed by atoms with van der Waals surface area (Å²) in [6, 6.07) is 0. The van der Waals surface area contributed by atoms with Crippen LogP contribution in [-0.4, -0.2) is 6.79 Å². The first kappa shape index (κ1) is 43.6. The molecule has 0 aromatic carbocycles. The van der Waals surface area contributed by atoms with Crippen molar-refractivity contribution in [2.45, 2.75) is 0 Å². The number of hydrogen-bond donors (Lipinski definition) is 0. The van der Waals surface area contributed by atoms with E-state index in [2.05, 4.69) is 51.4 Å². The smallest absolute Gasteiger partial charge is 0.545 e. The van der Waals surface area contributed by atoms with Gasteiger partial charge in [-0.3, -0.25) is 6.79 Å². The Morgan fingerprint density at radius 2 is 0.739 bits per heavy atom. The molecule has 0 saturated heterocycles. The summed E-state index contributed by atoms with van der Waals surface area (Å²) in [6.45, 7) is 19.8. The summed E-state index contributed by atoms with van der Waals surface area (Å²) in [5.41, 5.74) is 0. The van der Waals surface area contributed by atoms with Gasteiger partial charge in [0.1, 0.15) is 0 Å². The number of hydrogen-bond acceptors (Lipinski definition) is 2. The molecular weight excluding hydrogens is 480 g/mol. The molecule has 4 nitrogen and oxygen atoms in total. The van der Waals surface area contributed by atoms with Gasteiger partial charge in [0.25, 0.3) is 0 Å². The molecule has 0 aromatic heterocycles. The molecule has 0 spiro atoms. The monoisotopic (exact) mass is 497 g/mol. The van der Waals surface area contributed by atoms with E-state index in [-0.39, 0.29) is 42.1 Å². The second-order valence-electron chi connectivity index (χ2n) is 2.07. The maximum Gasteiger partial charge on any atom is 3.00 e. The van der Waals surface area contributed by atoms with Gasteiger partial charge in [0.2, 0.25) is 0 Å². The van der Waals surface area contributed by atoms with E-state index in [0.29, 0.717) is 0 Å². The first-order chi connectivity index (χ1) is 10.4. The average Bonchev–Trinajstić information content (AvgIpc) is 3.33. The second kappa shape index (κ2) is 79.5. The van der Waals surface area contributed by atoms with Crippen LogP contribution in [0.2, 0.25) is 0 Å². The Morgan fingerprint density at radius 1 is 0.696 bits per heavy atom. The van der Waals surface area contributed by atoms with E-state index in [1.807, 2.05) is 64.2 Å². The van der Waals surface area contributed by atoms with Crippen molar-refractivity contribution in [2.24, 2.45) is 0 Å². The van der Waals surface area contributed by atoms with Gasteiger partial charge < -0.3 is 29.4 Å². The molecule has 0 bridgehead atoms. The van der Waals surface area contributed by atoms with Crippen LogP contribution in [0.4, 0.5) is 0 Å². The van der Waals surface area contributed by atoms with Crippen LogP contribution >= 0.6 is 0 Å². The summed E-state index contributed by atoms with van der Waals surface area (Å²) in [7, 11) is 0. The Labute approximate surface area is 175 Å². The van der Waals surface area contributed by atoms with Crippen LogP contribution in [0.25, 0.3) is 0 Å². The van der Waals surface area contributed by atoms with Crippen molar-refractivity contribution in [1.29, 1.82) is 0 Å². The fraction of sp³-hybridized carbons (Fsp3) is 0. The molecular formula is C16H13Mo2O4S. The Bertz CT molecular complexity index is 174. The summed E-state index contributed by atoms with van der Waals surface area (Å²) >= 11 is 4.03. The van der Waals surface area contributed by atoms with Crippen LogP contribution in [-0.2, 0) is 73.5 Å². The molecule has 2 saturated carbocycles. The Hall–Kier alpha value is 0.227. The van der Waals surface area contributed by atoms with Crippen LogP contribution in [0.15, 0.2) is 6.58 Å². The fourth-order valence-electron chi connectivity index (χ4n) is 0.642. The van der Waals surface area contributed by atoms with E-state index in [9.17, 15) is 0 Å². The zero-order chi connectivity index (χ0) is 17.8. The average molecular weight is 493 g/mol. The molecule has 7 heteroatoms. The van der Waals surface area contributed by atoms with E-state index in [0.717, 1.165) is 0 Å². The zero-order valence-electron chi connectivity index (χ0n) is 11.9. The fourth-order valence-corrected chi connectivity index (χ4v) is 0.642. The first-order valence-corrected chi connectivity index (χ1v) is 5.15. The van der Waals surface area contributed by atoms with Crippen molar-refractivity contribution in [3.8, 4) is 0 Å². The van der Waals surface area contributed by atoms with Gasteiger partial charge in [0, 0.05) is 21.1 Å². The minimum absolute atomic E-state index is 0. The first-order valence-electron chi connectivity index (χ1n) is 4.74. The topological polar surface area (TPSA) is 76.8 Å². The minimum atomic E-state index is 0. The quantitative estimate of drug-likeness (QED) is 0.171. The van der Waals surface area contributed by atoms with E-state index in [1.54, 1.807) is 0 Å². The SMILES string of the molecule is C=[C-][S-].[C-]#[O+].[C-]#[O+].[C-]#[O+].[CH-]=O.[CH]1[CH][CH][CH][CH]1.[CH]1[CH][CH][CH][CH]1.[Mo+3].[Mo]. The van der Waals surface area contributed by atoms with Gasteiger partial charge in [-0.15, -0.1) is 0 Å². The van der Waals surface area contributed by atoms with Crippen molar-refractivity contribution < 1.29 is 60.9 Å². The number of carbonyl (C=O) groups excluding carboxylic acids is 1. The van der Waals surface area contributed by atoms with E-state index in [4.69, 9.17) is 18.8 Å². The third-order valence-electron chi connectivity index (χ3n) is 1.11. The van der Waals surface area contributed by atoms with Gasteiger partial charge in [-0.05, 0) is 64.2 Å². The molecule has 0 N–H and O–H groups in total. The molecule has 2 fully saturated rings. The Balaban J connectivity index is -0.0000000271. The Morgan fingerprint density at radius 3 is 0.783 bits per heavy atom. The zero-order valence-corrected chi connectivity index (χ0v) is 16.7. The summed E-state index contributed by atoms with van der Waals surface area (Å²) in [5, 5.41) is 2.08. The van der Waals surface area contributed by atoms with Gasteiger partial charge in [-0.25, -0.2) is 0 Å². The van der Waals surface area contributed by atoms with Crippen molar-refractivity contribution in [1.82, 2.24) is 0 Å². The third kappa shape index (κ3) is 86.9. The van der Waals surface area contributed by atoms with Gasteiger partial charge in [-0.1, -0.05) is 0 Å². The summed E-state index contributed by atoms with van der Waals surface area (Å²) in [4.78, 5) is 7.75. The van der Waals surface area contributed by atoms with E-state index in [1.165, 1.54) is 0 Å². The summed E-state index contributed by atoms with van der Waals surface area (Å²) < 4.78 is 22.5. The molecule has 0 heterocycles. The second-order valence-corrected chi connectivity index (χ2v) is 2.36. The molecule has 11 radical (unpaired) electrons. The van der Waals surface area contributed by atoms with Gasteiger partial charge in [0.05, 0.1) is 0 Å². The van der Waals surface area contributed by atoms with Gasteiger partial charge in [-0.2, -0.15) is 0 Å². The van der Waals surface area contributed by atoms with Crippen LogP contribution in [0.5, 0.6) is 0 Å². The standard InChI is InChI=1S/2C5H5.C2H2S.CHO.3CO.2Mo/c2*1-2-4-5-3-1;1-2-3;4*1-2;;/h2*1-5H;1H2;1H;;;;;/q;;-2;-1;;;;;+3. The molecule has 0 aromatic rings. The molecule has 0 unspecified atom stereocenters. The van der Waals surface area contributed by atoms with Crippen molar-refractivity contribution in [3.05, 3.63) is 96.1 Å². The van der Waals surface area contributed by atoms with Gasteiger partial charge in [0.15, 0.2) is 0 Å². The number of rotatable bonds is 0. The molecule has 0 atom stereocenters. The van der Waals surface area contributed by atoms with E-state index >= 15 is 0 Å². The van der Waals surface area contributed by atoms with E-state index < -0.39 is 0 Å². The van der Waals surface area contributed by atoms with Crippen LogP contribution in [0.3, 0.4) is 0 Å². The molecule has 119 valence electrons. The maximum atomic E-state index is 7.75. The normalized spacial score (nSPS) is 11.4. The molecule has 2 aliphatic carbocycles. The molecule has 0 amide bonds. The maximum absolute atomic E-state index is 7.75. The predicted octanol–water partition coefficient (Wildman–Crippen LogP) is 2.13.